The number of unbranched alkanes of at least 4 members (excludes halogenated alkanes) is 4. The first-order valence-corrected chi connectivity index (χ1v) is 7.24. The Morgan fingerprint density at radius 2 is 1.89 bits per heavy atom. The second-order valence-electron chi connectivity index (χ2n) is 4.89. The van der Waals surface area contributed by atoms with Crippen molar-refractivity contribution in [3.05, 3.63) is 18.0 Å². The largest absolute Gasteiger partial charge is 0.299 e. The summed E-state index contributed by atoms with van der Waals surface area (Å²) in [5.41, 5.74) is 0.543. The Hall–Kier alpha value is -1.45. The second-order valence-corrected chi connectivity index (χ2v) is 4.89. The number of hydrogen-bond acceptors (Lipinski definition) is 3. The molecule has 1 heterocycles. The van der Waals surface area contributed by atoms with Crippen molar-refractivity contribution in [2.45, 2.75) is 65.3 Å². The minimum absolute atomic E-state index is 0.0170. The molecule has 0 atom stereocenters. The first-order chi connectivity index (χ1) is 9.17. The molecular weight excluding hydrogens is 240 g/mol. The zero-order valence-electron chi connectivity index (χ0n) is 12.0. The normalized spacial score (nSPS) is 10.6. The molecular formula is C15H24N2O2. The van der Waals surface area contributed by atoms with Crippen LogP contribution in [0.25, 0.3) is 0 Å². The number of aromatic nitrogens is 2. The molecule has 0 spiro atoms. The molecule has 19 heavy (non-hydrogen) atoms. The highest BCUT2D eigenvalue weighted by Crippen LogP contribution is 2.09. The highest BCUT2D eigenvalue weighted by molar-refractivity contribution is 6.07. The summed E-state index contributed by atoms with van der Waals surface area (Å²) >= 11 is 0. The van der Waals surface area contributed by atoms with Crippen LogP contribution in [0.4, 0.5) is 0 Å². The number of carbonyl (C=O) groups is 2. The molecule has 0 radical (unpaired) electrons. The van der Waals surface area contributed by atoms with E-state index in [-0.39, 0.29) is 18.0 Å². The molecule has 0 aliphatic rings. The Bertz CT molecular complexity index is 410. The summed E-state index contributed by atoms with van der Waals surface area (Å²) in [6.07, 6.45) is 9.39. The second kappa shape index (κ2) is 8.62. The Labute approximate surface area is 115 Å². The topological polar surface area (TPSA) is 52.0 Å². The van der Waals surface area contributed by atoms with Crippen LogP contribution in [0, 0.1) is 0 Å². The number of carbonyl (C=O) groups excluding carboxylic acids is 2. The summed E-state index contributed by atoms with van der Waals surface area (Å²) in [6.45, 7) is 4.86. The average molecular weight is 264 g/mol. The summed E-state index contributed by atoms with van der Waals surface area (Å²) in [5, 5.41) is 4.04. The van der Waals surface area contributed by atoms with Crippen molar-refractivity contribution in [1.29, 1.82) is 0 Å². The van der Waals surface area contributed by atoms with Gasteiger partial charge >= 0.3 is 0 Å². The zero-order chi connectivity index (χ0) is 14.1. The SMILES string of the molecule is CCCCCCCC(=O)CC(=O)c1cnn(CC)c1. The van der Waals surface area contributed by atoms with E-state index < -0.39 is 0 Å². The smallest absolute Gasteiger partial charge is 0.173 e. The third-order valence-corrected chi connectivity index (χ3v) is 3.20. The van der Waals surface area contributed by atoms with Crippen LogP contribution < -0.4 is 0 Å². The molecule has 0 amide bonds. The highest BCUT2D eigenvalue weighted by Gasteiger charge is 2.13. The molecule has 0 fully saturated rings. The molecule has 4 nitrogen and oxygen atoms in total. The van der Waals surface area contributed by atoms with Crippen molar-refractivity contribution in [3.63, 3.8) is 0 Å². The van der Waals surface area contributed by atoms with Crippen molar-refractivity contribution in [3.8, 4) is 0 Å². The molecule has 0 aliphatic heterocycles. The molecule has 0 aromatic carbocycles. The van der Waals surface area contributed by atoms with Crippen LogP contribution in [0.3, 0.4) is 0 Å². The summed E-state index contributed by atoms with van der Waals surface area (Å²) in [5.74, 6) is -0.0657. The molecule has 0 saturated heterocycles. The molecule has 0 aliphatic carbocycles. The molecule has 106 valence electrons. The van der Waals surface area contributed by atoms with Gasteiger partial charge in [0.25, 0.3) is 0 Å². The maximum Gasteiger partial charge on any atom is 0.173 e. The maximum atomic E-state index is 11.8. The average Bonchev–Trinajstić information content (AvgIpc) is 2.87. The van der Waals surface area contributed by atoms with Gasteiger partial charge in [0.15, 0.2) is 5.78 Å². The van der Waals surface area contributed by atoms with Crippen LogP contribution in [0.5, 0.6) is 0 Å². The molecule has 0 N–H and O–H groups in total. The van der Waals surface area contributed by atoms with Gasteiger partial charge < -0.3 is 0 Å². The Morgan fingerprint density at radius 3 is 2.53 bits per heavy atom. The maximum absolute atomic E-state index is 11.8. The van der Waals surface area contributed by atoms with Crippen LogP contribution in [0.1, 0.15) is 69.2 Å². The van der Waals surface area contributed by atoms with Gasteiger partial charge in [-0.1, -0.05) is 32.6 Å². The number of hydrogen-bond donors (Lipinski definition) is 0. The van der Waals surface area contributed by atoms with E-state index in [1.54, 1.807) is 17.1 Å². The number of Topliss-reactive ketones (excluding diaryl/α,β-unsaturated/α-hetero) is 2. The molecule has 0 bridgehead atoms. The molecule has 0 unspecified atom stereocenters. The number of aryl methyl sites for hydroxylation is 1. The standard InChI is InChI=1S/C15H24N2O2/c1-3-5-6-7-8-9-14(18)10-15(19)13-11-16-17(4-2)12-13/h11-12H,3-10H2,1-2H3. The quantitative estimate of drug-likeness (QED) is 0.370. The first-order valence-electron chi connectivity index (χ1n) is 7.24. The lowest BCUT2D eigenvalue weighted by molar-refractivity contribution is -0.118. The van der Waals surface area contributed by atoms with E-state index >= 15 is 0 Å². The number of rotatable bonds is 10. The van der Waals surface area contributed by atoms with Gasteiger partial charge in [-0.3, -0.25) is 14.3 Å². The van der Waals surface area contributed by atoms with Crippen LogP contribution in [0.15, 0.2) is 12.4 Å². The van der Waals surface area contributed by atoms with Gasteiger partial charge in [-0.25, -0.2) is 0 Å². The van der Waals surface area contributed by atoms with Gasteiger partial charge in [0.1, 0.15) is 5.78 Å². The zero-order valence-corrected chi connectivity index (χ0v) is 12.0. The Morgan fingerprint density at radius 1 is 1.16 bits per heavy atom. The van der Waals surface area contributed by atoms with E-state index in [0.717, 1.165) is 19.4 Å². The van der Waals surface area contributed by atoms with Crippen molar-refractivity contribution >= 4 is 11.6 Å². The van der Waals surface area contributed by atoms with Gasteiger partial charge in [-0.2, -0.15) is 5.10 Å². The van der Waals surface area contributed by atoms with Gasteiger partial charge in [-0.05, 0) is 13.3 Å². The van der Waals surface area contributed by atoms with E-state index in [9.17, 15) is 9.59 Å². The van der Waals surface area contributed by atoms with E-state index in [4.69, 9.17) is 0 Å². The fourth-order valence-electron chi connectivity index (χ4n) is 1.98. The van der Waals surface area contributed by atoms with Gasteiger partial charge in [0.05, 0.1) is 18.2 Å². The highest BCUT2D eigenvalue weighted by atomic mass is 16.1. The predicted molar refractivity (Wildman–Crippen MR) is 75.2 cm³/mol. The number of nitrogens with zero attached hydrogens (tertiary/aromatic N) is 2. The lowest BCUT2D eigenvalue weighted by Crippen LogP contribution is -2.07. The van der Waals surface area contributed by atoms with Crippen LogP contribution >= 0.6 is 0 Å². The van der Waals surface area contributed by atoms with E-state index in [1.807, 2.05) is 6.92 Å². The summed E-state index contributed by atoms with van der Waals surface area (Å²) < 4.78 is 1.70. The molecule has 1 rings (SSSR count). The van der Waals surface area contributed by atoms with Crippen LogP contribution in [-0.2, 0) is 11.3 Å². The molecule has 4 heteroatoms. The third-order valence-electron chi connectivity index (χ3n) is 3.20. The van der Waals surface area contributed by atoms with Crippen molar-refractivity contribution in [2.75, 3.05) is 0 Å². The van der Waals surface area contributed by atoms with E-state index in [1.165, 1.54) is 19.3 Å². The van der Waals surface area contributed by atoms with E-state index in [0.29, 0.717) is 12.0 Å². The first kappa shape index (κ1) is 15.6. The Balaban J connectivity index is 2.26. The third kappa shape index (κ3) is 5.81. The lowest BCUT2D eigenvalue weighted by Gasteiger charge is -2.00. The lowest BCUT2D eigenvalue weighted by atomic mass is 10.0. The summed E-state index contributed by atoms with van der Waals surface area (Å²) in [7, 11) is 0. The predicted octanol–water partition coefficient (Wildman–Crippen LogP) is 3.41. The Kier molecular flexibility index (Phi) is 7.08. The van der Waals surface area contributed by atoms with Gasteiger partial charge in [0.2, 0.25) is 0 Å². The van der Waals surface area contributed by atoms with Crippen molar-refractivity contribution in [1.82, 2.24) is 9.78 Å². The fourth-order valence-corrected chi connectivity index (χ4v) is 1.98. The molecule has 1 aromatic rings. The van der Waals surface area contributed by atoms with Crippen molar-refractivity contribution < 1.29 is 9.59 Å². The number of ketones is 2. The fraction of sp³-hybridized carbons (Fsp3) is 0.667. The van der Waals surface area contributed by atoms with Gasteiger partial charge in [0, 0.05) is 19.2 Å². The van der Waals surface area contributed by atoms with Crippen molar-refractivity contribution in [2.24, 2.45) is 0 Å². The summed E-state index contributed by atoms with van der Waals surface area (Å²) in [6, 6.07) is 0. The van der Waals surface area contributed by atoms with Crippen LogP contribution in [-0.4, -0.2) is 21.3 Å². The minimum Gasteiger partial charge on any atom is -0.299 e. The van der Waals surface area contributed by atoms with Gasteiger partial charge in [-0.15, -0.1) is 0 Å². The van der Waals surface area contributed by atoms with E-state index in [2.05, 4.69) is 12.0 Å². The summed E-state index contributed by atoms with van der Waals surface area (Å²) in [4.78, 5) is 23.5. The molecule has 0 saturated carbocycles. The minimum atomic E-state index is -0.113. The van der Waals surface area contributed by atoms with Crippen LogP contribution in [0.2, 0.25) is 0 Å². The molecule has 1 aromatic heterocycles. The monoisotopic (exact) mass is 264 g/mol.